The molecule has 1 aromatic rings. The summed E-state index contributed by atoms with van der Waals surface area (Å²) >= 11 is 1.04. The fraction of sp³-hybridized carbons (Fsp3) is 0.643. The molecule has 1 N–H and O–H groups in total. The Kier molecular flexibility index (Phi) is 5.73. The quantitative estimate of drug-likeness (QED) is 0.838. The van der Waals surface area contributed by atoms with Gasteiger partial charge in [0.2, 0.25) is 15.9 Å². The van der Waals surface area contributed by atoms with Gasteiger partial charge in [0.15, 0.2) is 0 Å². The van der Waals surface area contributed by atoms with Gasteiger partial charge in [-0.15, -0.1) is 0 Å². The number of amides is 1. The summed E-state index contributed by atoms with van der Waals surface area (Å²) in [6, 6.07) is 1.31. The van der Waals surface area contributed by atoms with Gasteiger partial charge in [0, 0.05) is 6.54 Å². The maximum Gasteiger partial charge on any atom is 0.243 e. The van der Waals surface area contributed by atoms with E-state index in [1.165, 1.54) is 4.31 Å². The first-order valence-corrected chi connectivity index (χ1v) is 9.95. The molecule has 0 bridgehead atoms. The van der Waals surface area contributed by atoms with Crippen molar-refractivity contribution in [2.24, 2.45) is 0 Å². The summed E-state index contributed by atoms with van der Waals surface area (Å²) in [7, 11) is -3.42. The van der Waals surface area contributed by atoms with Gasteiger partial charge in [-0.2, -0.15) is 13.9 Å². The molecule has 0 aromatic carbocycles. The molecular weight excluding hydrogens is 336 g/mol. The highest BCUT2D eigenvalue weighted by Crippen LogP contribution is 2.27. The second-order valence-electron chi connectivity index (χ2n) is 5.51. The molecule has 1 aliphatic rings. The second-order valence-corrected chi connectivity index (χ2v) is 8.33. The number of nitrogens with zero attached hydrogens (tertiary/aromatic N) is 3. The molecular formula is C14H20N4O3S2. The van der Waals surface area contributed by atoms with Crippen LogP contribution in [-0.2, 0) is 14.8 Å². The molecule has 0 saturated carbocycles. The van der Waals surface area contributed by atoms with Crippen molar-refractivity contribution in [2.75, 3.05) is 17.6 Å². The van der Waals surface area contributed by atoms with Gasteiger partial charge in [0.1, 0.15) is 22.7 Å². The molecule has 23 heavy (non-hydrogen) atoms. The Morgan fingerprint density at radius 3 is 2.96 bits per heavy atom. The molecule has 2 rings (SSSR count). The van der Waals surface area contributed by atoms with Crippen LogP contribution in [0.2, 0.25) is 0 Å². The summed E-state index contributed by atoms with van der Waals surface area (Å²) in [5.41, 5.74) is 0.897. The summed E-state index contributed by atoms with van der Waals surface area (Å²) in [6.45, 7) is 4.00. The Morgan fingerprint density at radius 2 is 2.30 bits per heavy atom. The SMILES string of the molecule is CCCCS(=O)(=O)N1CCCC1C(=O)Nc1snc(C)c1C#N. The minimum absolute atomic E-state index is 0.0659. The van der Waals surface area contributed by atoms with Gasteiger partial charge >= 0.3 is 0 Å². The van der Waals surface area contributed by atoms with Gasteiger partial charge in [0.25, 0.3) is 0 Å². The van der Waals surface area contributed by atoms with E-state index in [2.05, 4.69) is 9.69 Å². The van der Waals surface area contributed by atoms with Gasteiger partial charge in [-0.3, -0.25) is 4.79 Å². The van der Waals surface area contributed by atoms with E-state index in [0.29, 0.717) is 42.1 Å². The Labute approximate surface area is 140 Å². The molecule has 1 amide bonds. The zero-order valence-corrected chi connectivity index (χ0v) is 14.8. The number of anilines is 1. The molecule has 1 aliphatic heterocycles. The van der Waals surface area contributed by atoms with E-state index in [0.717, 1.165) is 18.0 Å². The second kappa shape index (κ2) is 7.38. The van der Waals surface area contributed by atoms with Crippen molar-refractivity contribution < 1.29 is 13.2 Å². The van der Waals surface area contributed by atoms with Crippen molar-refractivity contribution in [2.45, 2.75) is 45.6 Å². The van der Waals surface area contributed by atoms with E-state index in [1.807, 2.05) is 13.0 Å². The summed E-state index contributed by atoms with van der Waals surface area (Å²) in [5, 5.41) is 12.2. The maximum atomic E-state index is 12.5. The zero-order chi connectivity index (χ0) is 17.0. The first kappa shape index (κ1) is 17.8. The highest BCUT2D eigenvalue weighted by molar-refractivity contribution is 7.89. The number of rotatable bonds is 6. The number of carbonyl (C=O) groups is 1. The lowest BCUT2D eigenvalue weighted by Gasteiger charge is -2.23. The Balaban J connectivity index is 2.13. The molecule has 126 valence electrons. The molecule has 2 heterocycles. The number of nitrogens with one attached hydrogen (secondary N) is 1. The maximum absolute atomic E-state index is 12.5. The third kappa shape index (κ3) is 3.88. The Morgan fingerprint density at radius 1 is 1.57 bits per heavy atom. The van der Waals surface area contributed by atoms with Crippen LogP contribution in [0.25, 0.3) is 0 Å². The largest absolute Gasteiger partial charge is 0.314 e. The van der Waals surface area contributed by atoms with Crippen LogP contribution in [0.5, 0.6) is 0 Å². The van der Waals surface area contributed by atoms with Crippen LogP contribution < -0.4 is 5.32 Å². The third-order valence-corrected chi connectivity index (χ3v) is 6.64. The van der Waals surface area contributed by atoms with E-state index in [4.69, 9.17) is 5.26 Å². The molecule has 1 fully saturated rings. The predicted octanol–water partition coefficient (Wildman–Crippen LogP) is 1.86. The van der Waals surface area contributed by atoms with Crippen LogP contribution in [0, 0.1) is 18.3 Å². The van der Waals surface area contributed by atoms with Gasteiger partial charge in [-0.25, -0.2) is 8.42 Å². The standard InChI is InChI=1S/C14H20N4O3S2/c1-3-4-8-23(20,21)18-7-5-6-12(18)13(19)16-14-11(9-15)10(2)17-22-14/h12H,3-8H2,1-2H3,(H,16,19). The van der Waals surface area contributed by atoms with Crippen molar-refractivity contribution >= 4 is 32.5 Å². The minimum atomic E-state index is -3.42. The van der Waals surface area contributed by atoms with Gasteiger partial charge < -0.3 is 5.32 Å². The number of aromatic nitrogens is 1. The number of carbonyl (C=O) groups excluding carboxylic acids is 1. The van der Waals surface area contributed by atoms with E-state index in [9.17, 15) is 13.2 Å². The summed E-state index contributed by atoms with van der Waals surface area (Å²) in [6.07, 6.45) is 2.53. The molecule has 0 aliphatic carbocycles. The summed E-state index contributed by atoms with van der Waals surface area (Å²) in [5.74, 6) is -0.321. The lowest BCUT2D eigenvalue weighted by atomic mass is 10.2. The average molecular weight is 356 g/mol. The van der Waals surface area contributed by atoms with Crippen molar-refractivity contribution in [3.05, 3.63) is 11.3 Å². The number of sulfonamides is 1. The monoisotopic (exact) mass is 356 g/mol. The average Bonchev–Trinajstić information content (AvgIpc) is 3.12. The van der Waals surface area contributed by atoms with Crippen LogP contribution in [0.1, 0.15) is 43.9 Å². The van der Waals surface area contributed by atoms with Gasteiger partial charge in [-0.1, -0.05) is 13.3 Å². The Hall–Kier alpha value is -1.50. The smallest absolute Gasteiger partial charge is 0.243 e. The van der Waals surface area contributed by atoms with E-state index < -0.39 is 16.1 Å². The highest BCUT2D eigenvalue weighted by Gasteiger charge is 2.38. The first-order valence-electron chi connectivity index (χ1n) is 7.57. The van der Waals surface area contributed by atoms with Crippen LogP contribution >= 0.6 is 11.5 Å². The molecule has 9 heteroatoms. The number of nitriles is 1. The summed E-state index contributed by atoms with van der Waals surface area (Å²) < 4.78 is 30.1. The number of hydrogen-bond acceptors (Lipinski definition) is 6. The molecule has 1 unspecified atom stereocenters. The van der Waals surface area contributed by atoms with Gasteiger partial charge in [-0.05, 0) is 37.7 Å². The molecule has 1 aromatic heterocycles. The lowest BCUT2D eigenvalue weighted by molar-refractivity contribution is -0.119. The highest BCUT2D eigenvalue weighted by atomic mass is 32.2. The van der Waals surface area contributed by atoms with Crippen molar-refractivity contribution in [1.29, 1.82) is 5.26 Å². The minimum Gasteiger partial charge on any atom is -0.314 e. The fourth-order valence-electron chi connectivity index (χ4n) is 2.56. The fourth-order valence-corrected chi connectivity index (χ4v) is 5.20. The molecule has 7 nitrogen and oxygen atoms in total. The molecule has 1 saturated heterocycles. The van der Waals surface area contributed by atoms with E-state index >= 15 is 0 Å². The van der Waals surface area contributed by atoms with Crippen molar-refractivity contribution in [1.82, 2.24) is 8.68 Å². The summed E-state index contributed by atoms with van der Waals surface area (Å²) in [4.78, 5) is 12.5. The van der Waals surface area contributed by atoms with Crippen LogP contribution in [0.3, 0.4) is 0 Å². The first-order chi connectivity index (χ1) is 10.9. The third-order valence-electron chi connectivity index (χ3n) is 3.83. The van der Waals surface area contributed by atoms with Crippen LogP contribution in [0.4, 0.5) is 5.00 Å². The number of aryl methyl sites for hydroxylation is 1. The lowest BCUT2D eigenvalue weighted by Crippen LogP contribution is -2.44. The van der Waals surface area contributed by atoms with Crippen molar-refractivity contribution in [3.63, 3.8) is 0 Å². The number of hydrogen-bond donors (Lipinski definition) is 1. The van der Waals surface area contributed by atoms with Gasteiger partial charge in [0.05, 0.1) is 11.4 Å². The molecule has 1 atom stereocenters. The zero-order valence-electron chi connectivity index (χ0n) is 13.2. The van der Waals surface area contributed by atoms with Crippen LogP contribution in [-0.4, -0.2) is 41.3 Å². The topological polar surface area (TPSA) is 103 Å². The molecule has 0 radical (unpaired) electrons. The molecule has 0 spiro atoms. The van der Waals surface area contributed by atoms with Crippen molar-refractivity contribution in [3.8, 4) is 6.07 Å². The van der Waals surface area contributed by atoms with E-state index in [-0.39, 0.29) is 11.7 Å². The number of unbranched alkanes of at least 4 members (excludes halogenated alkanes) is 1. The van der Waals surface area contributed by atoms with E-state index in [1.54, 1.807) is 6.92 Å². The normalized spacial score (nSPS) is 18.7. The Bertz CT molecular complexity index is 721. The predicted molar refractivity (Wildman–Crippen MR) is 88.6 cm³/mol. The van der Waals surface area contributed by atoms with Crippen LogP contribution in [0.15, 0.2) is 0 Å².